The summed E-state index contributed by atoms with van der Waals surface area (Å²) in [6.45, 7) is 3.92. The zero-order chi connectivity index (χ0) is 15.0. The van der Waals surface area contributed by atoms with Crippen molar-refractivity contribution >= 4 is 11.9 Å². The molecular weight excluding hydrogens is 270 g/mol. The minimum Gasteiger partial charge on any atom is -0.481 e. The predicted octanol–water partition coefficient (Wildman–Crippen LogP) is 2.04. The van der Waals surface area contributed by atoms with E-state index in [0.717, 1.165) is 11.1 Å². The molecule has 1 aromatic rings. The predicted molar refractivity (Wildman–Crippen MR) is 75.8 cm³/mol. The Kier molecular flexibility index (Phi) is 3.45. The highest BCUT2D eigenvalue weighted by Crippen LogP contribution is 2.32. The summed E-state index contributed by atoms with van der Waals surface area (Å²) in [5, 5.41) is 9.23. The number of fused-ring (bicyclic) bond motifs is 1. The van der Waals surface area contributed by atoms with Crippen LogP contribution in [0.25, 0.3) is 0 Å². The summed E-state index contributed by atoms with van der Waals surface area (Å²) in [6.07, 6.45) is 1.00. The van der Waals surface area contributed by atoms with E-state index in [0.29, 0.717) is 44.7 Å². The number of carboxylic acids is 1. The van der Waals surface area contributed by atoms with E-state index in [9.17, 15) is 14.7 Å². The molecule has 0 bridgehead atoms. The Morgan fingerprint density at radius 2 is 1.86 bits per heavy atom. The number of carbonyl (C=O) groups is 2. The van der Waals surface area contributed by atoms with Gasteiger partial charge in [0.15, 0.2) is 0 Å². The molecule has 0 aliphatic carbocycles. The van der Waals surface area contributed by atoms with E-state index >= 15 is 0 Å². The van der Waals surface area contributed by atoms with Gasteiger partial charge in [0.25, 0.3) is 5.91 Å². The Balaban J connectivity index is 1.71. The lowest BCUT2D eigenvalue weighted by molar-refractivity contribution is -0.150. The fraction of sp³-hybridized carbons (Fsp3) is 0.500. The van der Waals surface area contributed by atoms with E-state index in [2.05, 4.69) is 0 Å². The Morgan fingerprint density at radius 3 is 2.52 bits per heavy atom. The molecule has 0 atom stereocenters. The zero-order valence-corrected chi connectivity index (χ0v) is 12.1. The summed E-state index contributed by atoms with van der Waals surface area (Å²) >= 11 is 0. The molecule has 2 heterocycles. The van der Waals surface area contributed by atoms with Gasteiger partial charge in [0, 0.05) is 18.7 Å². The van der Waals surface area contributed by atoms with Crippen LogP contribution >= 0.6 is 0 Å². The van der Waals surface area contributed by atoms with Crippen LogP contribution in [-0.4, -0.2) is 35.0 Å². The van der Waals surface area contributed by atoms with E-state index in [-0.39, 0.29) is 5.91 Å². The number of nitrogens with zero attached hydrogens (tertiary/aromatic N) is 1. The second-order valence-corrected chi connectivity index (χ2v) is 6.13. The number of hydrogen-bond acceptors (Lipinski definition) is 3. The van der Waals surface area contributed by atoms with E-state index in [1.165, 1.54) is 0 Å². The molecule has 0 saturated carbocycles. The fourth-order valence-corrected chi connectivity index (χ4v) is 2.90. The van der Waals surface area contributed by atoms with Crippen molar-refractivity contribution in [2.75, 3.05) is 13.1 Å². The van der Waals surface area contributed by atoms with Gasteiger partial charge in [-0.05, 0) is 43.0 Å². The third-order valence-electron chi connectivity index (χ3n) is 4.64. The minimum atomic E-state index is -0.774. The summed E-state index contributed by atoms with van der Waals surface area (Å²) in [4.78, 5) is 25.5. The van der Waals surface area contributed by atoms with E-state index < -0.39 is 11.4 Å². The first-order valence-electron chi connectivity index (χ1n) is 7.22. The molecule has 0 unspecified atom stereocenters. The molecule has 0 spiro atoms. The molecule has 0 radical (unpaired) electrons. The highest BCUT2D eigenvalue weighted by atomic mass is 16.5. The van der Waals surface area contributed by atoms with Crippen LogP contribution in [0.3, 0.4) is 0 Å². The fourth-order valence-electron chi connectivity index (χ4n) is 2.90. The highest BCUT2D eigenvalue weighted by Gasteiger charge is 2.38. The van der Waals surface area contributed by atoms with Crippen LogP contribution in [0.5, 0.6) is 0 Å². The van der Waals surface area contributed by atoms with Crippen molar-refractivity contribution < 1.29 is 19.4 Å². The summed E-state index contributed by atoms with van der Waals surface area (Å²) in [6, 6.07) is 5.68. The molecule has 21 heavy (non-hydrogen) atoms. The van der Waals surface area contributed by atoms with Crippen LogP contribution in [0.1, 0.15) is 41.3 Å². The van der Waals surface area contributed by atoms with Crippen LogP contribution in [0.2, 0.25) is 0 Å². The van der Waals surface area contributed by atoms with Crippen molar-refractivity contribution in [2.45, 2.75) is 33.0 Å². The Morgan fingerprint density at radius 1 is 1.19 bits per heavy atom. The van der Waals surface area contributed by atoms with E-state index in [1.807, 2.05) is 18.2 Å². The smallest absolute Gasteiger partial charge is 0.309 e. The number of amides is 1. The monoisotopic (exact) mass is 289 g/mol. The van der Waals surface area contributed by atoms with Gasteiger partial charge in [0.1, 0.15) is 0 Å². The molecule has 2 aliphatic rings. The molecule has 1 aromatic carbocycles. The lowest BCUT2D eigenvalue weighted by Gasteiger charge is -2.36. The van der Waals surface area contributed by atoms with Crippen molar-refractivity contribution in [2.24, 2.45) is 5.41 Å². The standard InChI is InChI=1S/C16H19NO4/c1-16(15(19)20)4-6-17(7-5-16)14(18)11-2-3-12-9-21-10-13(12)8-11/h2-3,8H,4-7,9-10H2,1H3,(H,19,20). The molecule has 1 fully saturated rings. The second kappa shape index (κ2) is 5.15. The van der Waals surface area contributed by atoms with Crippen molar-refractivity contribution in [1.82, 2.24) is 4.90 Å². The van der Waals surface area contributed by atoms with Crippen LogP contribution in [-0.2, 0) is 22.7 Å². The summed E-state index contributed by atoms with van der Waals surface area (Å²) in [5.74, 6) is -0.790. The molecule has 5 nitrogen and oxygen atoms in total. The Bertz CT molecular complexity index is 588. The van der Waals surface area contributed by atoms with E-state index in [4.69, 9.17) is 4.74 Å². The van der Waals surface area contributed by atoms with E-state index in [1.54, 1.807) is 11.8 Å². The maximum Gasteiger partial charge on any atom is 0.309 e. The highest BCUT2D eigenvalue weighted by molar-refractivity contribution is 5.94. The van der Waals surface area contributed by atoms with Crippen LogP contribution < -0.4 is 0 Å². The summed E-state index contributed by atoms with van der Waals surface area (Å²) in [5.41, 5.74) is 2.18. The largest absolute Gasteiger partial charge is 0.481 e. The quantitative estimate of drug-likeness (QED) is 0.904. The Hall–Kier alpha value is -1.88. The number of rotatable bonds is 2. The molecular formula is C16H19NO4. The molecule has 3 rings (SSSR count). The third kappa shape index (κ3) is 2.53. The summed E-state index contributed by atoms with van der Waals surface area (Å²) in [7, 11) is 0. The number of aliphatic carboxylic acids is 1. The normalized spacial score (nSPS) is 20.1. The lowest BCUT2D eigenvalue weighted by atomic mass is 9.80. The van der Waals surface area contributed by atoms with Crippen molar-refractivity contribution in [1.29, 1.82) is 0 Å². The lowest BCUT2D eigenvalue weighted by Crippen LogP contribution is -2.45. The van der Waals surface area contributed by atoms with Crippen LogP contribution in [0.15, 0.2) is 18.2 Å². The number of benzene rings is 1. The molecule has 1 N–H and O–H groups in total. The minimum absolute atomic E-state index is 0.0165. The first kappa shape index (κ1) is 14.1. The van der Waals surface area contributed by atoms with Crippen molar-refractivity contribution in [3.8, 4) is 0 Å². The molecule has 1 amide bonds. The van der Waals surface area contributed by atoms with Gasteiger partial charge in [-0.15, -0.1) is 0 Å². The molecule has 112 valence electrons. The van der Waals surface area contributed by atoms with Gasteiger partial charge in [-0.2, -0.15) is 0 Å². The second-order valence-electron chi connectivity index (χ2n) is 6.13. The van der Waals surface area contributed by atoms with Gasteiger partial charge in [0.2, 0.25) is 0 Å². The first-order valence-corrected chi connectivity index (χ1v) is 7.22. The summed E-state index contributed by atoms with van der Waals surface area (Å²) < 4.78 is 5.36. The zero-order valence-electron chi connectivity index (χ0n) is 12.1. The topological polar surface area (TPSA) is 66.8 Å². The number of piperidine rings is 1. The van der Waals surface area contributed by atoms with Crippen molar-refractivity contribution in [3.63, 3.8) is 0 Å². The van der Waals surface area contributed by atoms with Gasteiger partial charge in [-0.25, -0.2) is 0 Å². The number of carbonyl (C=O) groups excluding carboxylic acids is 1. The first-order chi connectivity index (χ1) is 9.99. The van der Waals surface area contributed by atoms with Crippen LogP contribution in [0, 0.1) is 5.41 Å². The molecule has 2 aliphatic heterocycles. The van der Waals surface area contributed by atoms with Gasteiger partial charge < -0.3 is 14.7 Å². The van der Waals surface area contributed by atoms with Gasteiger partial charge in [-0.1, -0.05) is 6.07 Å². The molecule has 1 saturated heterocycles. The maximum atomic E-state index is 12.5. The van der Waals surface area contributed by atoms with Crippen molar-refractivity contribution in [3.05, 3.63) is 34.9 Å². The van der Waals surface area contributed by atoms with Crippen LogP contribution in [0.4, 0.5) is 0 Å². The van der Waals surface area contributed by atoms with Gasteiger partial charge in [0.05, 0.1) is 18.6 Å². The SMILES string of the molecule is CC1(C(=O)O)CCN(C(=O)c2ccc3c(c2)COC3)CC1. The number of ether oxygens (including phenoxy) is 1. The Labute approximate surface area is 123 Å². The van der Waals surface area contributed by atoms with Gasteiger partial charge in [-0.3, -0.25) is 9.59 Å². The van der Waals surface area contributed by atoms with Gasteiger partial charge >= 0.3 is 5.97 Å². The third-order valence-corrected chi connectivity index (χ3v) is 4.64. The average molecular weight is 289 g/mol. The number of carboxylic acid groups (broad SMARTS) is 1. The number of hydrogen-bond donors (Lipinski definition) is 1. The molecule has 5 heteroatoms. The number of likely N-dealkylation sites (tertiary alicyclic amines) is 1. The molecule has 0 aromatic heterocycles. The maximum absolute atomic E-state index is 12.5. The average Bonchev–Trinajstić information content (AvgIpc) is 2.94.